The summed E-state index contributed by atoms with van der Waals surface area (Å²) in [4.78, 5) is 0. The lowest BCUT2D eigenvalue weighted by Crippen LogP contribution is -2.27. The molecule has 1 unspecified atom stereocenters. The second kappa shape index (κ2) is 5.78. The van der Waals surface area contributed by atoms with Gasteiger partial charge in [0.05, 0.1) is 0 Å². The maximum atomic E-state index is 12.4. The Kier molecular flexibility index (Phi) is 4.65. The first-order valence-electron chi connectivity index (χ1n) is 5.00. The molecule has 1 aromatic carbocycles. The number of benzene rings is 1. The van der Waals surface area contributed by atoms with Gasteiger partial charge in [-0.05, 0) is 18.2 Å². The van der Waals surface area contributed by atoms with E-state index in [4.69, 9.17) is 5.73 Å². The molecule has 0 fully saturated rings. The van der Waals surface area contributed by atoms with Gasteiger partial charge in [0.25, 0.3) is 6.43 Å². The minimum Gasteiger partial charge on any atom is -0.329 e. The normalized spacial score (nSPS) is 13.1. The maximum absolute atomic E-state index is 12.4. The predicted octanol–water partition coefficient (Wildman–Crippen LogP) is 2.23. The van der Waals surface area contributed by atoms with E-state index in [9.17, 15) is 8.78 Å². The first-order valence-corrected chi connectivity index (χ1v) is 5.00. The number of likely N-dealkylation sites (N-methyl/N-ethyl adjacent to an activating group) is 1. The Morgan fingerprint density at radius 2 is 2.00 bits per heavy atom. The van der Waals surface area contributed by atoms with Crippen LogP contribution in [0.3, 0.4) is 0 Å². The number of hydrogen-bond acceptors (Lipinski definition) is 2. The fraction of sp³-hybridized carbons (Fsp3) is 0.455. The smallest absolute Gasteiger partial charge is 0.263 e. The largest absolute Gasteiger partial charge is 0.329 e. The first-order chi connectivity index (χ1) is 7.19. The van der Waals surface area contributed by atoms with Crippen molar-refractivity contribution < 1.29 is 8.78 Å². The van der Waals surface area contributed by atoms with Crippen LogP contribution in [0.25, 0.3) is 0 Å². The summed E-state index contributed by atoms with van der Waals surface area (Å²) in [6.45, 7) is 3.13. The minimum absolute atomic E-state index is 0.0452. The molecule has 0 aromatic heterocycles. The lowest BCUT2D eigenvalue weighted by atomic mass is 10.0. The average molecular weight is 214 g/mol. The van der Waals surface area contributed by atoms with Crippen LogP contribution in [0.1, 0.15) is 30.5 Å². The van der Waals surface area contributed by atoms with E-state index < -0.39 is 6.43 Å². The summed E-state index contributed by atoms with van der Waals surface area (Å²) in [6.07, 6.45) is -2.43. The van der Waals surface area contributed by atoms with Crippen LogP contribution in [0.4, 0.5) is 8.78 Å². The van der Waals surface area contributed by atoms with Gasteiger partial charge in [0.1, 0.15) is 0 Å². The highest BCUT2D eigenvalue weighted by molar-refractivity contribution is 5.27. The van der Waals surface area contributed by atoms with Gasteiger partial charge in [-0.15, -0.1) is 0 Å². The molecular weight excluding hydrogens is 198 g/mol. The Morgan fingerprint density at radius 1 is 1.33 bits per heavy atom. The van der Waals surface area contributed by atoms with E-state index in [1.807, 2.05) is 13.0 Å². The molecule has 0 aliphatic carbocycles. The van der Waals surface area contributed by atoms with Gasteiger partial charge in [0.2, 0.25) is 0 Å². The molecule has 0 saturated carbocycles. The van der Waals surface area contributed by atoms with Crippen molar-refractivity contribution in [2.75, 3.05) is 13.1 Å². The van der Waals surface area contributed by atoms with E-state index in [1.165, 1.54) is 12.1 Å². The SMILES string of the molecule is CCNC(CN)c1cccc(C(F)F)c1. The molecule has 0 bridgehead atoms. The summed E-state index contributed by atoms with van der Waals surface area (Å²) in [5.41, 5.74) is 6.43. The molecule has 2 nitrogen and oxygen atoms in total. The topological polar surface area (TPSA) is 38.0 Å². The highest BCUT2D eigenvalue weighted by Crippen LogP contribution is 2.22. The van der Waals surface area contributed by atoms with Crippen LogP contribution in [0.2, 0.25) is 0 Å². The van der Waals surface area contributed by atoms with E-state index in [-0.39, 0.29) is 11.6 Å². The molecule has 0 saturated heterocycles. The zero-order chi connectivity index (χ0) is 11.3. The molecule has 0 spiro atoms. The Morgan fingerprint density at radius 3 is 2.53 bits per heavy atom. The van der Waals surface area contributed by atoms with Crippen LogP contribution in [0, 0.1) is 0 Å². The number of rotatable bonds is 5. The summed E-state index contributed by atoms with van der Waals surface area (Å²) >= 11 is 0. The van der Waals surface area contributed by atoms with Crippen LogP contribution in [0.15, 0.2) is 24.3 Å². The summed E-state index contributed by atoms with van der Waals surface area (Å²) in [7, 11) is 0. The van der Waals surface area contributed by atoms with Gasteiger partial charge in [-0.3, -0.25) is 0 Å². The van der Waals surface area contributed by atoms with Crippen LogP contribution in [-0.4, -0.2) is 13.1 Å². The standard InChI is InChI=1S/C11H16F2N2/c1-2-15-10(7-14)8-4-3-5-9(6-8)11(12)13/h3-6,10-11,15H,2,7,14H2,1H3. The van der Waals surface area contributed by atoms with Crippen LogP contribution in [-0.2, 0) is 0 Å². The lowest BCUT2D eigenvalue weighted by Gasteiger charge is -2.16. The van der Waals surface area contributed by atoms with Crippen molar-refractivity contribution in [2.45, 2.75) is 19.4 Å². The number of hydrogen-bond donors (Lipinski definition) is 2. The Hall–Kier alpha value is -1.00. The van der Waals surface area contributed by atoms with Gasteiger partial charge in [0.15, 0.2) is 0 Å². The van der Waals surface area contributed by atoms with Crippen molar-refractivity contribution in [1.82, 2.24) is 5.32 Å². The summed E-state index contributed by atoms with van der Waals surface area (Å²) < 4.78 is 24.9. The fourth-order valence-corrected chi connectivity index (χ4v) is 1.50. The van der Waals surface area contributed by atoms with Crippen LogP contribution >= 0.6 is 0 Å². The summed E-state index contributed by atoms with van der Waals surface area (Å²) in [5, 5.41) is 3.14. The van der Waals surface area contributed by atoms with E-state index in [2.05, 4.69) is 5.32 Å². The molecule has 0 amide bonds. The van der Waals surface area contributed by atoms with E-state index in [0.29, 0.717) is 6.54 Å². The molecule has 1 atom stereocenters. The monoisotopic (exact) mass is 214 g/mol. The third kappa shape index (κ3) is 3.25. The lowest BCUT2D eigenvalue weighted by molar-refractivity contribution is 0.151. The molecule has 0 aliphatic rings. The van der Waals surface area contributed by atoms with Crippen molar-refractivity contribution in [1.29, 1.82) is 0 Å². The number of nitrogens with two attached hydrogens (primary N) is 1. The van der Waals surface area contributed by atoms with Gasteiger partial charge in [0, 0.05) is 18.2 Å². The number of halogens is 2. The molecule has 1 aromatic rings. The van der Waals surface area contributed by atoms with E-state index >= 15 is 0 Å². The second-order valence-electron chi connectivity index (χ2n) is 3.32. The predicted molar refractivity (Wildman–Crippen MR) is 56.9 cm³/mol. The summed E-state index contributed by atoms with van der Waals surface area (Å²) in [5.74, 6) is 0. The molecule has 4 heteroatoms. The second-order valence-corrected chi connectivity index (χ2v) is 3.32. The Bertz CT molecular complexity index is 302. The fourth-order valence-electron chi connectivity index (χ4n) is 1.50. The molecule has 3 N–H and O–H groups in total. The van der Waals surface area contributed by atoms with Gasteiger partial charge in [-0.1, -0.05) is 25.1 Å². The van der Waals surface area contributed by atoms with Crippen molar-refractivity contribution in [2.24, 2.45) is 5.73 Å². The van der Waals surface area contributed by atoms with E-state index in [1.54, 1.807) is 6.07 Å². The quantitative estimate of drug-likeness (QED) is 0.788. The van der Waals surface area contributed by atoms with Crippen molar-refractivity contribution in [3.8, 4) is 0 Å². The third-order valence-corrected chi connectivity index (χ3v) is 2.25. The molecular formula is C11H16F2N2. The molecule has 0 aliphatic heterocycles. The zero-order valence-electron chi connectivity index (χ0n) is 8.71. The van der Waals surface area contributed by atoms with Gasteiger partial charge >= 0.3 is 0 Å². The molecule has 15 heavy (non-hydrogen) atoms. The van der Waals surface area contributed by atoms with Crippen LogP contribution < -0.4 is 11.1 Å². The zero-order valence-corrected chi connectivity index (χ0v) is 8.71. The molecule has 1 rings (SSSR count). The average Bonchev–Trinajstić information content (AvgIpc) is 2.26. The van der Waals surface area contributed by atoms with E-state index in [0.717, 1.165) is 12.1 Å². The Labute approximate surface area is 88.5 Å². The molecule has 84 valence electrons. The van der Waals surface area contributed by atoms with Crippen molar-refractivity contribution in [3.05, 3.63) is 35.4 Å². The molecule has 0 radical (unpaired) electrons. The van der Waals surface area contributed by atoms with Gasteiger partial charge in [-0.2, -0.15) is 0 Å². The van der Waals surface area contributed by atoms with Gasteiger partial charge in [-0.25, -0.2) is 8.78 Å². The molecule has 0 heterocycles. The van der Waals surface area contributed by atoms with Crippen LogP contribution in [0.5, 0.6) is 0 Å². The first kappa shape index (κ1) is 12.1. The number of alkyl halides is 2. The van der Waals surface area contributed by atoms with Crippen molar-refractivity contribution in [3.63, 3.8) is 0 Å². The third-order valence-electron chi connectivity index (χ3n) is 2.25. The highest BCUT2D eigenvalue weighted by atomic mass is 19.3. The highest BCUT2D eigenvalue weighted by Gasteiger charge is 2.11. The Balaban J connectivity index is 2.87. The minimum atomic E-state index is -2.43. The van der Waals surface area contributed by atoms with Crippen molar-refractivity contribution >= 4 is 0 Å². The maximum Gasteiger partial charge on any atom is 0.263 e. The summed E-state index contributed by atoms with van der Waals surface area (Å²) in [6, 6.07) is 6.33. The number of nitrogens with one attached hydrogen (secondary N) is 1. The van der Waals surface area contributed by atoms with Gasteiger partial charge < -0.3 is 11.1 Å².